The lowest BCUT2D eigenvalue weighted by Gasteiger charge is -2.27. The van der Waals surface area contributed by atoms with Crippen molar-refractivity contribution in [3.05, 3.63) is 83.7 Å². The van der Waals surface area contributed by atoms with Gasteiger partial charge in [-0.2, -0.15) is 0 Å². The Morgan fingerprint density at radius 2 is 1.97 bits per heavy atom. The van der Waals surface area contributed by atoms with Crippen LogP contribution in [0.1, 0.15) is 36.1 Å². The molecule has 1 aromatic heterocycles. The van der Waals surface area contributed by atoms with Crippen molar-refractivity contribution in [2.45, 2.75) is 31.4 Å². The quantitative estimate of drug-likeness (QED) is 0.419. The van der Waals surface area contributed by atoms with E-state index in [0.717, 1.165) is 5.56 Å². The molecule has 5 rings (SSSR count). The predicted molar refractivity (Wildman–Crippen MR) is 141 cm³/mol. The van der Waals surface area contributed by atoms with Crippen LogP contribution in [0.25, 0.3) is 0 Å². The Balaban J connectivity index is 1.28. The third-order valence-corrected chi connectivity index (χ3v) is 7.36. The number of cyclic esters (lactones) is 1. The molecule has 3 atom stereocenters. The highest BCUT2D eigenvalue weighted by atomic mass is 16.6. The number of likely N-dealkylation sites (N-methyl/N-ethyl adjacent to an activating group) is 1. The van der Waals surface area contributed by atoms with E-state index in [-0.39, 0.29) is 12.5 Å². The molecule has 2 aromatic carbocycles. The van der Waals surface area contributed by atoms with Crippen LogP contribution in [-0.2, 0) is 21.7 Å². The largest absolute Gasteiger partial charge is 0.447 e. The van der Waals surface area contributed by atoms with Crippen LogP contribution in [0.5, 0.6) is 0 Å². The molecule has 38 heavy (non-hydrogen) atoms. The van der Waals surface area contributed by atoms with Crippen LogP contribution in [0, 0.1) is 5.92 Å². The minimum absolute atomic E-state index is 0.0662. The lowest BCUT2D eigenvalue weighted by atomic mass is 9.82. The van der Waals surface area contributed by atoms with Gasteiger partial charge in [-0.15, -0.1) is 5.10 Å². The van der Waals surface area contributed by atoms with Gasteiger partial charge in [-0.25, -0.2) is 4.79 Å². The molecule has 2 amide bonds. The molecule has 0 spiro atoms. The van der Waals surface area contributed by atoms with E-state index in [2.05, 4.69) is 10.3 Å². The third kappa shape index (κ3) is 4.46. The summed E-state index contributed by atoms with van der Waals surface area (Å²) in [5, 5.41) is 30.0. The first-order chi connectivity index (χ1) is 18.3. The van der Waals surface area contributed by atoms with Crippen LogP contribution in [-0.4, -0.2) is 64.0 Å². The number of hydrogen-bond acceptors (Lipinski definition) is 7. The molecule has 2 aliphatic rings. The fourth-order valence-corrected chi connectivity index (χ4v) is 5.12. The molecule has 3 heterocycles. The number of allylic oxidation sites excluding steroid dienone is 1. The van der Waals surface area contributed by atoms with Gasteiger partial charge in [0.1, 0.15) is 6.61 Å². The Hall–Kier alpha value is -4.02. The summed E-state index contributed by atoms with van der Waals surface area (Å²) in [6.45, 7) is 3.01. The van der Waals surface area contributed by atoms with E-state index in [4.69, 9.17) is 4.74 Å². The molecule has 198 valence electrons. The second-order valence-electron chi connectivity index (χ2n) is 9.66. The van der Waals surface area contributed by atoms with E-state index in [1.165, 1.54) is 9.80 Å². The average Bonchev–Trinajstić information content (AvgIpc) is 3.63. The molecule has 0 bridgehead atoms. The highest BCUT2D eigenvalue weighted by Crippen LogP contribution is 2.46. The number of rotatable bonds is 9. The third-order valence-electron chi connectivity index (χ3n) is 7.36. The number of aliphatic hydroxyl groups is 2. The van der Waals surface area contributed by atoms with Gasteiger partial charge in [0.05, 0.1) is 30.5 Å². The molecule has 1 saturated heterocycles. The monoisotopic (exact) mass is 517 g/mol. The number of aliphatic hydroxyl groups excluding tert-OH is 1. The molecule has 2 aliphatic heterocycles. The first kappa shape index (κ1) is 25.6. The maximum absolute atomic E-state index is 13.2. The van der Waals surface area contributed by atoms with Crippen molar-refractivity contribution in [1.82, 2.24) is 15.0 Å². The number of amides is 2. The van der Waals surface area contributed by atoms with Gasteiger partial charge in [-0.3, -0.25) is 14.4 Å². The summed E-state index contributed by atoms with van der Waals surface area (Å²) in [7, 11) is 1.64. The Morgan fingerprint density at radius 1 is 1.18 bits per heavy atom. The number of anilines is 2. The van der Waals surface area contributed by atoms with Crippen molar-refractivity contribution in [3.63, 3.8) is 0 Å². The molecular formula is C28H31N5O5. The molecule has 1 fully saturated rings. The Labute approximate surface area is 220 Å². The molecule has 1 unspecified atom stereocenters. The van der Waals surface area contributed by atoms with Crippen LogP contribution in [0.3, 0.4) is 0 Å². The van der Waals surface area contributed by atoms with Gasteiger partial charge in [0.15, 0.2) is 5.60 Å². The van der Waals surface area contributed by atoms with Crippen LogP contribution < -0.4 is 9.80 Å². The van der Waals surface area contributed by atoms with E-state index >= 15 is 0 Å². The van der Waals surface area contributed by atoms with Gasteiger partial charge in [0.2, 0.25) is 0 Å². The molecule has 2 N–H and O–H groups in total. The zero-order valence-electron chi connectivity index (χ0n) is 21.4. The number of nitrogens with zero attached hydrogens (tertiary/aromatic N) is 5. The summed E-state index contributed by atoms with van der Waals surface area (Å²) in [6.07, 6.45) is 5.74. The summed E-state index contributed by atoms with van der Waals surface area (Å²) in [5.41, 5.74) is 1.57. The fourth-order valence-electron chi connectivity index (χ4n) is 5.12. The van der Waals surface area contributed by atoms with Gasteiger partial charge in [0, 0.05) is 37.0 Å². The first-order valence-electron chi connectivity index (χ1n) is 12.7. The number of ether oxygens (including phenoxy) is 1. The van der Waals surface area contributed by atoms with Crippen LogP contribution >= 0.6 is 0 Å². The molecule has 0 saturated carbocycles. The Bertz CT molecular complexity index is 1360. The number of aromatic nitrogens is 3. The number of aryl methyl sites for hydroxylation is 1. The van der Waals surface area contributed by atoms with Crippen molar-refractivity contribution in [2.24, 2.45) is 5.92 Å². The number of benzene rings is 2. The minimum atomic E-state index is -1.76. The van der Waals surface area contributed by atoms with Gasteiger partial charge in [0.25, 0.3) is 5.91 Å². The van der Waals surface area contributed by atoms with Crippen molar-refractivity contribution in [2.75, 3.05) is 36.6 Å². The first-order valence-corrected chi connectivity index (χ1v) is 12.7. The second-order valence-corrected chi connectivity index (χ2v) is 9.66. The molecule has 10 heteroatoms. The standard InChI is InChI=1S/C28H31N5O5/c1-19(8-6-7-13-32-17-24(29-30-32)22(18-34)20-9-4-3-5-10-20)28(37)23-16-21(33-14-15-38-27(33)36)11-12-25(23)31(2)26(28)35/h3-6,8-12,16-17,19,22,34,37H,7,13-15,18H2,1-2H3/b8-6+/t19-,22?,28+/m0/s1. The van der Waals surface area contributed by atoms with Gasteiger partial charge in [-0.1, -0.05) is 54.6 Å². The highest BCUT2D eigenvalue weighted by molar-refractivity contribution is 6.07. The summed E-state index contributed by atoms with van der Waals surface area (Å²) in [6, 6.07) is 14.9. The number of carbonyl (C=O) groups excluding carboxylic acids is 2. The van der Waals surface area contributed by atoms with Gasteiger partial charge >= 0.3 is 6.09 Å². The maximum atomic E-state index is 13.2. The maximum Gasteiger partial charge on any atom is 0.414 e. The van der Waals surface area contributed by atoms with E-state index in [1.807, 2.05) is 48.7 Å². The normalized spacial score (nSPS) is 20.7. The lowest BCUT2D eigenvalue weighted by Crippen LogP contribution is -2.43. The van der Waals surface area contributed by atoms with Gasteiger partial charge in [-0.05, 0) is 30.2 Å². The Morgan fingerprint density at radius 3 is 2.68 bits per heavy atom. The number of fused-ring (bicyclic) bond motifs is 1. The minimum Gasteiger partial charge on any atom is -0.447 e. The molecular weight excluding hydrogens is 486 g/mol. The van der Waals surface area contributed by atoms with Gasteiger partial charge < -0.3 is 19.8 Å². The summed E-state index contributed by atoms with van der Waals surface area (Å²) in [5.74, 6) is -1.18. The lowest BCUT2D eigenvalue weighted by molar-refractivity contribution is -0.139. The molecule has 3 aromatic rings. The molecule has 0 radical (unpaired) electrons. The number of carbonyl (C=O) groups is 2. The summed E-state index contributed by atoms with van der Waals surface area (Å²) < 4.78 is 6.76. The summed E-state index contributed by atoms with van der Waals surface area (Å²) >= 11 is 0. The predicted octanol–water partition coefficient (Wildman–Crippen LogP) is 2.81. The van der Waals surface area contributed by atoms with Crippen molar-refractivity contribution < 1.29 is 24.5 Å². The molecule has 0 aliphatic carbocycles. The second kappa shape index (κ2) is 10.4. The van der Waals surface area contributed by atoms with E-state index in [9.17, 15) is 19.8 Å². The zero-order valence-corrected chi connectivity index (χ0v) is 21.4. The fraction of sp³-hybridized carbons (Fsp3) is 0.357. The Kier molecular flexibility index (Phi) is 7.00. The van der Waals surface area contributed by atoms with Crippen LogP contribution in [0.2, 0.25) is 0 Å². The van der Waals surface area contributed by atoms with Crippen molar-refractivity contribution in [3.8, 4) is 0 Å². The van der Waals surface area contributed by atoms with Crippen LogP contribution in [0.4, 0.5) is 16.2 Å². The van der Waals surface area contributed by atoms with E-state index in [1.54, 1.807) is 36.9 Å². The summed E-state index contributed by atoms with van der Waals surface area (Å²) in [4.78, 5) is 28.2. The topological polar surface area (TPSA) is 121 Å². The van der Waals surface area contributed by atoms with Crippen LogP contribution in [0.15, 0.2) is 66.9 Å². The van der Waals surface area contributed by atoms with Crippen molar-refractivity contribution >= 4 is 23.4 Å². The number of hydrogen-bond donors (Lipinski definition) is 2. The smallest absolute Gasteiger partial charge is 0.414 e. The average molecular weight is 518 g/mol. The van der Waals surface area contributed by atoms with E-state index in [0.29, 0.717) is 48.7 Å². The molecule has 10 nitrogen and oxygen atoms in total. The van der Waals surface area contributed by atoms with Crippen molar-refractivity contribution in [1.29, 1.82) is 0 Å². The van der Waals surface area contributed by atoms with E-state index < -0.39 is 23.5 Å². The SMILES string of the molecule is C[C@@H](/C=C/CCn1cc(C(CO)c2ccccc2)nn1)[C@]1(O)C(=O)N(C)c2ccc(N3CCOC3=O)cc21. The zero-order chi connectivity index (χ0) is 26.9. The highest BCUT2D eigenvalue weighted by Gasteiger charge is 2.51.